The lowest BCUT2D eigenvalue weighted by Crippen LogP contribution is -2.35. The van der Waals surface area contributed by atoms with Gasteiger partial charge in [0, 0.05) is 18.8 Å². The lowest BCUT2D eigenvalue weighted by Gasteiger charge is -2.31. The highest BCUT2D eigenvalue weighted by atomic mass is 79.9. The fourth-order valence-electron chi connectivity index (χ4n) is 1.54. The molecule has 0 amide bonds. The minimum Gasteiger partial charge on any atom is -0.396 e. The zero-order chi connectivity index (χ0) is 13.1. The first-order valence-electron chi connectivity index (χ1n) is 5.53. The monoisotopic (exact) mass is 320 g/mol. The van der Waals surface area contributed by atoms with Crippen molar-refractivity contribution in [2.75, 3.05) is 11.9 Å². The lowest BCUT2D eigenvalue weighted by atomic mass is 9.85. The SMILES string of the molecule is CC(C)(C)C(CCO)Nc1ncc(Cl)cc1Br. The fraction of sp³-hybridized carbons (Fsp3) is 0.583. The number of anilines is 1. The summed E-state index contributed by atoms with van der Waals surface area (Å²) in [4.78, 5) is 4.24. The van der Waals surface area contributed by atoms with Crippen molar-refractivity contribution in [2.45, 2.75) is 33.2 Å². The molecule has 17 heavy (non-hydrogen) atoms. The summed E-state index contributed by atoms with van der Waals surface area (Å²) < 4.78 is 0.831. The van der Waals surface area contributed by atoms with E-state index in [9.17, 15) is 0 Å². The predicted octanol–water partition coefficient (Wildman–Crippen LogP) is 3.71. The molecule has 0 aromatic carbocycles. The van der Waals surface area contributed by atoms with Crippen molar-refractivity contribution in [3.8, 4) is 0 Å². The van der Waals surface area contributed by atoms with Gasteiger partial charge in [0.05, 0.1) is 9.50 Å². The number of hydrogen-bond acceptors (Lipinski definition) is 3. The average Bonchev–Trinajstić information content (AvgIpc) is 2.19. The van der Waals surface area contributed by atoms with Gasteiger partial charge in [-0.05, 0) is 33.8 Å². The van der Waals surface area contributed by atoms with Gasteiger partial charge in [0.2, 0.25) is 0 Å². The van der Waals surface area contributed by atoms with Crippen LogP contribution in [0.15, 0.2) is 16.7 Å². The summed E-state index contributed by atoms with van der Waals surface area (Å²) in [6.45, 7) is 6.54. The molecule has 0 fully saturated rings. The highest BCUT2D eigenvalue weighted by molar-refractivity contribution is 9.10. The summed E-state index contributed by atoms with van der Waals surface area (Å²) in [6.07, 6.45) is 2.29. The Labute approximate surface area is 116 Å². The fourth-order valence-corrected chi connectivity index (χ4v) is 2.29. The topological polar surface area (TPSA) is 45.1 Å². The van der Waals surface area contributed by atoms with Crippen LogP contribution in [-0.4, -0.2) is 22.7 Å². The molecule has 0 spiro atoms. The largest absolute Gasteiger partial charge is 0.396 e. The normalized spacial score (nSPS) is 13.5. The van der Waals surface area contributed by atoms with Crippen LogP contribution in [0.5, 0.6) is 0 Å². The quantitative estimate of drug-likeness (QED) is 0.888. The first-order valence-corrected chi connectivity index (χ1v) is 6.70. The maximum absolute atomic E-state index is 9.10. The van der Waals surface area contributed by atoms with Gasteiger partial charge >= 0.3 is 0 Å². The maximum Gasteiger partial charge on any atom is 0.140 e. The van der Waals surface area contributed by atoms with Crippen molar-refractivity contribution in [3.05, 3.63) is 21.8 Å². The summed E-state index contributed by atoms with van der Waals surface area (Å²) in [5.74, 6) is 0.753. The minimum absolute atomic E-state index is 0.0451. The van der Waals surface area contributed by atoms with Gasteiger partial charge in [0.25, 0.3) is 0 Å². The Bertz CT molecular complexity index is 379. The molecule has 96 valence electrons. The van der Waals surface area contributed by atoms with Crippen molar-refractivity contribution in [2.24, 2.45) is 5.41 Å². The lowest BCUT2D eigenvalue weighted by molar-refractivity contribution is 0.235. The number of pyridine rings is 1. The molecule has 1 unspecified atom stereocenters. The number of hydrogen-bond donors (Lipinski definition) is 2. The molecule has 0 bridgehead atoms. The molecule has 2 N–H and O–H groups in total. The standard InChI is InChI=1S/C12H18BrClN2O/c1-12(2,3)10(4-5-17)16-11-9(13)6-8(14)7-15-11/h6-7,10,17H,4-5H2,1-3H3,(H,15,16). The summed E-state index contributed by atoms with van der Waals surface area (Å²) in [5, 5.41) is 13.0. The summed E-state index contributed by atoms with van der Waals surface area (Å²) in [7, 11) is 0. The van der Waals surface area contributed by atoms with Crippen LogP contribution in [-0.2, 0) is 0 Å². The van der Waals surface area contributed by atoms with Gasteiger partial charge in [-0.2, -0.15) is 0 Å². The second-order valence-electron chi connectivity index (χ2n) is 5.06. The predicted molar refractivity (Wildman–Crippen MR) is 75.5 cm³/mol. The van der Waals surface area contributed by atoms with E-state index >= 15 is 0 Å². The molecular weight excluding hydrogens is 304 g/mol. The molecule has 0 saturated heterocycles. The van der Waals surface area contributed by atoms with E-state index in [0.29, 0.717) is 11.4 Å². The first-order chi connectivity index (χ1) is 7.84. The van der Waals surface area contributed by atoms with Crippen molar-refractivity contribution in [1.82, 2.24) is 4.98 Å². The van der Waals surface area contributed by atoms with E-state index < -0.39 is 0 Å². The van der Waals surface area contributed by atoms with Gasteiger partial charge in [-0.25, -0.2) is 4.98 Å². The van der Waals surface area contributed by atoms with Gasteiger partial charge in [-0.3, -0.25) is 0 Å². The molecule has 3 nitrogen and oxygen atoms in total. The second-order valence-corrected chi connectivity index (χ2v) is 6.35. The third-order valence-corrected chi connectivity index (χ3v) is 3.39. The summed E-state index contributed by atoms with van der Waals surface area (Å²) >= 11 is 9.27. The Hall–Kier alpha value is -0.320. The molecule has 0 aliphatic heterocycles. The molecule has 1 atom stereocenters. The van der Waals surface area contributed by atoms with Crippen molar-refractivity contribution in [3.63, 3.8) is 0 Å². The van der Waals surface area contributed by atoms with Crippen LogP contribution in [0.2, 0.25) is 5.02 Å². The van der Waals surface area contributed by atoms with Crippen LogP contribution in [0.4, 0.5) is 5.82 Å². The van der Waals surface area contributed by atoms with Crippen LogP contribution in [0.25, 0.3) is 0 Å². The Morgan fingerprint density at radius 2 is 2.18 bits per heavy atom. The van der Waals surface area contributed by atoms with Crippen LogP contribution in [0.3, 0.4) is 0 Å². The van der Waals surface area contributed by atoms with Gasteiger partial charge in [0.1, 0.15) is 5.82 Å². The number of halogens is 2. The van der Waals surface area contributed by atoms with Crippen LogP contribution in [0, 0.1) is 5.41 Å². The number of rotatable bonds is 4. The van der Waals surface area contributed by atoms with Crippen molar-refractivity contribution in [1.29, 1.82) is 0 Å². The van der Waals surface area contributed by atoms with Crippen LogP contribution in [0.1, 0.15) is 27.2 Å². The second kappa shape index (κ2) is 6.03. The van der Waals surface area contributed by atoms with Crippen LogP contribution >= 0.6 is 27.5 Å². The molecule has 1 aromatic rings. The van der Waals surface area contributed by atoms with Gasteiger partial charge in [-0.1, -0.05) is 32.4 Å². The first kappa shape index (κ1) is 14.7. The molecule has 1 aromatic heterocycles. The third-order valence-electron chi connectivity index (χ3n) is 2.58. The maximum atomic E-state index is 9.10. The average molecular weight is 322 g/mol. The number of nitrogens with one attached hydrogen (secondary N) is 1. The zero-order valence-corrected chi connectivity index (χ0v) is 12.6. The van der Waals surface area contributed by atoms with Crippen LogP contribution < -0.4 is 5.32 Å². The van der Waals surface area contributed by atoms with E-state index in [0.717, 1.165) is 10.3 Å². The number of aromatic nitrogens is 1. The summed E-state index contributed by atoms with van der Waals surface area (Å²) in [5.41, 5.74) is 0.0451. The van der Waals surface area contributed by atoms with E-state index in [1.165, 1.54) is 0 Å². The molecule has 0 aliphatic carbocycles. The molecule has 1 rings (SSSR count). The molecule has 0 radical (unpaired) electrons. The Morgan fingerprint density at radius 1 is 1.53 bits per heavy atom. The van der Waals surface area contributed by atoms with Gasteiger partial charge in [0.15, 0.2) is 0 Å². The molecule has 0 aliphatic rings. The summed E-state index contributed by atoms with van der Waals surface area (Å²) in [6, 6.07) is 1.95. The van der Waals surface area contributed by atoms with Gasteiger partial charge in [-0.15, -0.1) is 0 Å². The highest BCUT2D eigenvalue weighted by Crippen LogP contribution is 2.29. The minimum atomic E-state index is 0.0451. The van der Waals surface area contributed by atoms with Crippen molar-refractivity contribution < 1.29 is 5.11 Å². The molecule has 5 heteroatoms. The highest BCUT2D eigenvalue weighted by Gasteiger charge is 2.24. The third kappa shape index (κ3) is 4.45. The van der Waals surface area contributed by atoms with E-state index in [1.807, 2.05) is 0 Å². The van der Waals surface area contributed by atoms with E-state index in [-0.39, 0.29) is 18.1 Å². The molecule has 0 saturated carbocycles. The van der Waals surface area contributed by atoms with E-state index in [4.69, 9.17) is 16.7 Å². The Kier molecular flexibility index (Phi) is 5.22. The number of aliphatic hydroxyl groups excluding tert-OH is 1. The van der Waals surface area contributed by atoms with Gasteiger partial charge < -0.3 is 10.4 Å². The van der Waals surface area contributed by atoms with Crippen molar-refractivity contribution >= 4 is 33.3 Å². The van der Waals surface area contributed by atoms with E-state index in [1.54, 1.807) is 12.3 Å². The molecule has 1 heterocycles. The zero-order valence-electron chi connectivity index (χ0n) is 10.3. The Balaban J connectivity index is 2.86. The molecular formula is C12H18BrClN2O. The Morgan fingerprint density at radius 3 is 2.65 bits per heavy atom. The number of aliphatic hydroxyl groups is 1. The van der Waals surface area contributed by atoms with E-state index in [2.05, 4.69) is 47.0 Å². The smallest absolute Gasteiger partial charge is 0.140 e. The number of nitrogens with zero attached hydrogens (tertiary/aromatic N) is 1.